The number of carbonyl (C=O) groups excluding carboxylic acids is 1. The van der Waals surface area contributed by atoms with Crippen molar-refractivity contribution >= 4 is 62.1 Å². The van der Waals surface area contributed by atoms with Gasteiger partial charge in [0.2, 0.25) is 0 Å². The molecule has 1 aromatic heterocycles. The van der Waals surface area contributed by atoms with E-state index in [1.807, 2.05) is 0 Å². The number of amides is 1. The molecule has 0 radical (unpaired) electrons. The number of nitrogens with one attached hydrogen (secondary N) is 2. The predicted octanol–water partition coefficient (Wildman–Crippen LogP) is 2.58. The number of nitro groups is 1. The first kappa shape index (κ1) is 18.1. The summed E-state index contributed by atoms with van der Waals surface area (Å²) in [6.45, 7) is 0. The lowest BCUT2D eigenvalue weighted by Crippen LogP contribution is -2.35. The maximum atomic E-state index is 12.1. The molecule has 1 aromatic carbocycles. The number of aromatic nitrogens is 2. The molecule has 0 spiro atoms. The van der Waals surface area contributed by atoms with Crippen molar-refractivity contribution in [2.24, 2.45) is 7.05 Å². The number of phenols is 1. The fourth-order valence-corrected chi connectivity index (χ4v) is 2.71. The molecule has 2 aromatic rings. The quantitative estimate of drug-likeness (QED) is 0.294. The Morgan fingerprint density at radius 2 is 2.21 bits per heavy atom. The number of rotatable bonds is 3. The Labute approximate surface area is 153 Å². The number of anilines is 1. The van der Waals surface area contributed by atoms with Crippen molar-refractivity contribution in [1.82, 2.24) is 15.1 Å². The van der Waals surface area contributed by atoms with Crippen molar-refractivity contribution in [1.29, 1.82) is 0 Å². The van der Waals surface area contributed by atoms with Gasteiger partial charge in [0.1, 0.15) is 5.69 Å². The van der Waals surface area contributed by atoms with E-state index in [4.69, 9.17) is 23.8 Å². The minimum atomic E-state index is -0.676. The normalized spacial score (nSPS) is 10.3. The molecule has 0 unspecified atom stereocenters. The van der Waals surface area contributed by atoms with E-state index < -0.39 is 16.6 Å². The molecule has 0 atom stereocenters. The van der Waals surface area contributed by atoms with Crippen molar-refractivity contribution in [2.45, 2.75) is 0 Å². The number of aromatic hydroxyl groups is 1. The summed E-state index contributed by atoms with van der Waals surface area (Å²) in [4.78, 5) is 22.3. The van der Waals surface area contributed by atoms with Gasteiger partial charge in [0, 0.05) is 19.2 Å². The molecule has 0 aliphatic heterocycles. The molecule has 1 amide bonds. The fourth-order valence-electron chi connectivity index (χ4n) is 1.77. The number of nitro benzene ring substituents is 1. The van der Waals surface area contributed by atoms with E-state index in [9.17, 15) is 20.0 Å². The van der Waals surface area contributed by atoms with E-state index >= 15 is 0 Å². The molecule has 2 rings (SSSR count). The summed E-state index contributed by atoms with van der Waals surface area (Å²) in [6.07, 6.45) is 1.44. The van der Waals surface area contributed by atoms with Crippen molar-refractivity contribution in [3.8, 4) is 5.75 Å². The summed E-state index contributed by atoms with van der Waals surface area (Å²) in [5.74, 6) is -0.990. The van der Waals surface area contributed by atoms with Gasteiger partial charge in [-0.25, -0.2) is 0 Å². The molecule has 0 bridgehead atoms. The van der Waals surface area contributed by atoms with E-state index in [-0.39, 0.29) is 27.2 Å². The van der Waals surface area contributed by atoms with Gasteiger partial charge in [-0.15, -0.1) is 0 Å². The maximum Gasteiger partial charge on any atom is 0.276 e. The van der Waals surface area contributed by atoms with E-state index in [0.717, 1.165) is 12.1 Å². The Kier molecular flexibility index (Phi) is 5.36. The van der Waals surface area contributed by atoms with Crippen LogP contribution >= 0.6 is 39.7 Å². The van der Waals surface area contributed by atoms with E-state index in [0.29, 0.717) is 4.47 Å². The fraction of sp³-hybridized carbons (Fsp3) is 0.0833. The van der Waals surface area contributed by atoms with Crippen LogP contribution in [-0.4, -0.2) is 30.8 Å². The van der Waals surface area contributed by atoms with Gasteiger partial charge < -0.3 is 10.4 Å². The van der Waals surface area contributed by atoms with Gasteiger partial charge in [-0.05, 0) is 28.1 Å². The van der Waals surface area contributed by atoms with Gasteiger partial charge >= 0.3 is 0 Å². The van der Waals surface area contributed by atoms with Crippen LogP contribution in [0.25, 0.3) is 0 Å². The molecule has 0 aliphatic carbocycles. The van der Waals surface area contributed by atoms with Gasteiger partial charge in [-0.3, -0.25) is 24.9 Å². The summed E-state index contributed by atoms with van der Waals surface area (Å²) >= 11 is 13.9. The lowest BCUT2D eigenvalue weighted by atomic mass is 10.2. The van der Waals surface area contributed by atoms with Gasteiger partial charge in [0.25, 0.3) is 11.6 Å². The first-order valence-electron chi connectivity index (χ1n) is 6.17. The minimum absolute atomic E-state index is 0.108. The molecular weight excluding hydrogens is 426 g/mol. The van der Waals surface area contributed by atoms with Crippen LogP contribution in [0.3, 0.4) is 0 Å². The lowest BCUT2D eigenvalue weighted by Gasteiger charge is -2.12. The number of halogens is 2. The molecule has 0 saturated heterocycles. The third kappa shape index (κ3) is 3.80. The molecule has 24 heavy (non-hydrogen) atoms. The number of non-ortho nitro benzene ring substituents is 1. The standard InChI is InChI=1S/C12H9BrClN5O4S/c1-18-9(6(13)4-15-18)11(21)17-12(24)16-8-3-5(19(22)23)2-7(14)10(8)20/h2-4,20H,1H3,(H2,16,17,21,24). The molecule has 3 N–H and O–H groups in total. The van der Waals surface area contributed by atoms with E-state index in [2.05, 4.69) is 31.7 Å². The molecule has 12 heteroatoms. The molecule has 1 heterocycles. The number of hydrogen-bond donors (Lipinski definition) is 3. The second-order valence-corrected chi connectivity index (χ2v) is 6.12. The Bertz CT molecular complexity index is 837. The zero-order chi connectivity index (χ0) is 18.0. The average molecular weight is 435 g/mol. The highest BCUT2D eigenvalue weighted by molar-refractivity contribution is 9.10. The van der Waals surface area contributed by atoms with E-state index in [1.165, 1.54) is 10.9 Å². The number of benzene rings is 1. The van der Waals surface area contributed by atoms with Crippen LogP contribution < -0.4 is 10.6 Å². The Morgan fingerprint density at radius 1 is 1.54 bits per heavy atom. The molecular formula is C12H9BrClN5O4S. The van der Waals surface area contributed by atoms with Gasteiger partial charge in [-0.1, -0.05) is 11.6 Å². The summed E-state index contributed by atoms with van der Waals surface area (Å²) in [7, 11) is 1.57. The minimum Gasteiger partial charge on any atom is -0.504 e. The molecule has 0 saturated carbocycles. The Morgan fingerprint density at radius 3 is 2.75 bits per heavy atom. The third-order valence-electron chi connectivity index (χ3n) is 2.84. The summed E-state index contributed by atoms with van der Waals surface area (Å²) < 4.78 is 1.80. The van der Waals surface area contributed by atoms with Crippen LogP contribution in [0, 0.1) is 10.1 Å². The number of nitrogens with zero attached hydrogens (tertiary/aromatic N) is 3. The first-order valence-corrected chi connectivity index (χ1v) is 7.75. The largest absolute Gasteiger partial charge is 0.504 e. The number of hydrogen-bond acceptors (Lipinski definition) is 6. The number of aryl methyl sites for hydroxylation is 1. The van der Waals surface area contributed by atoms with Crippen LogP contribution in [0.15, 0.2) is 22.8 Å². The van der Waals surface area contributed by atoms with Crippen molar-refractivity contribution < 1.29 is 14.8 Å². The van der Waals surface area contributed by atoms with Crippen LogP contribution in [0.4, 0.5) is 11.4 Å². The van der Waals surface area contributed by atoms with Crippen LogP contribution in [-0.2, 0) is 7.05 Å². The van der Waals surface area contributed by atoms with Crippen molar-refractivity contribution in [2.75, 3.05) is 5.32 Å². The molecule has 9 nitrogen and oxygen atoms in total. The number of thiocarbonyl (C=S) groups is 1. The average Bonchev–Trinajstić information content (AvgIpc) is 2.82. The topological polar surface area (TPSA) is 122 Å². The van der Waals surface area contributed by atoms with E-state index in [1.54, 1.807) is 7.05 Å². The Balaban J connectivity index is 2.18. The Hall–Kier alpha value is -2.24. The highest BCUT2D eigenvalue weighted by atomic mass is 79.9. The molecule has 0 fully saturated rings. The summed E-state index contributed by atoms with van der Waals surface area (Å²) in [6, 6.07) is 2.04. The highest BCUT2D eigenvalue weighted by Gasteiger charge is 2.19. The zero-order valence-electron chi connectivity index (χ0n) is 11.9. The van der Waals surface area contributed by atoms with Gasteiger partial charge in [0.15, 0.2) is 10.9 Å². The lowest BCUT2D eigenvalue weighted by molar-refractivity contribution is -0.384. The van der Waals surface area contributed by atoms with Gasteiger partial charge in [-0.2, -0.15) is 5.10 Å². The smallest absolute Gasteiger partial charge is 0.276 e. The monoisotopic (exact) mass is 433 g/mol. The third-order valence-corrected chi connectivity index (χ3v) is 3.92. The van der Waals surface area contributed by atoms with Crippen LogP contribution in [0.5, 0.6) is 5.75 Å². The molecule has 0 aliphatic rings. The van der Waals surface area contributed by atoms with Crippen molar-refractivity contribution in [3.63, 3.8) is 0 Å². The predicted molar refractivity (Wildman–Crippen MR) is 94.4 cm³/mol. The molecule has 126 valence electrons. The zero-order valence-corrected chi connectivity index (χ0v) is 15.1. The summed E-state index contributed by atoms with van der Waals surface area (Å²) in [5, 5.41) is 29.0. The number of phenolic OH excluding ortho intramolecular Hbond substituents is 1. The number of carbonyl (C=O) groups is 1. The van der Waals surface area contributed by atoms with Crippen molar-refractivity contribution in [3.05, 3.63) is 43.6 Å². The maximum absolute atomic E-state index is 12.1. The van der Waals surface area contributed by atoms with Gasteiger partial charge in [0.05, 0.1) is 26.3 Å². The first-order chi connectivity index (χ1) is 11.2. The SMILES string of the molecule is Cn1ncc(Br)c1C(=O)NC(=S)Nc1cc([N+](=O)[O-])cc(Cl)c1O. The second-order valence-electron chi connectivity index (χ2n) is 4.45. The second kappa shape index (κ2) is 7.11. The van der Waals surface area contributed by atoms with Crippen LogP contribution in [0.2, 0.25) is 5.02 Å². The van der Waals surface area contributed by atoms with Crippen LogP contribution in [0.1, 0.15) is 10.5 Å². The highest BCUT2D eigenvalue weighted by Crippen LogP contribution is 2.35. The summed E-state index contributed by atoms with van der Waals surface area (Å²) in [5.41, 5.74) is -0.229.